The Bertz CT molecular complexity index is 1070. The highest BCUT2D eigenvalue weighted by atomic mass is 79.9. The monoisotopic (exact) mass is 490 g/mol. The van der Waals surface area contributed by atoms with E-state index >= 15 is 0 Å². The molecular formula is C21H19BrN2O5S. The van der Waals surface area contributed by atoms with Crippen LogP contribution in [0.4, 0.5) is 5.69 Å². The molecule has 0 radical (unpaired) electrons. The number of aromatic carboxylic acids is 1. The molecule has 0 aromatic heterocycles. The number of aromatic hydroxyl groups is 1. The maximum absolute atomic E-state index is 12.8. The van der Waals surface area contributed by atoms with Gasteiger partial charge in [0.1, 0.15) is 0 Å². The number of ether oxygens (including phenoxy) is 1. The van der Waals surface area contributed by atoms with E-state index in [9.17, 15) is 14.7 Å². The van der Waals surface area contributed by atoms with Gasteiger partial charge in [0, 0.05) is 6.54 Å². The molecule has 1 heterocycles. The summed E-state index contributed by atoms with van der Waals surface area (Å²) in [7, 11) is 0. The Labute approximate surface area is 186 Å². The van der Waals surface area contributed by atoms with Gasteiger partial charge >= 0.3 is 5.97 Å². The second kappa shape index (κ2) is 9.36. The summed E-state index contributed by atoms with van der Waals surface area (Å²) in [6, 6.07) is 9.60. The molecule has 30 heavy (non-hydrogen) atoms. The first-order chi connectivity index (χ1) is 14.3. The molecule has 0 saturated carbocycles. The van der Waals surface area contributed by atoms with Crippen LogP contribution in [-0.4, -0.2) is 45.3 Å². The number of aliphatic imine (C=N–C) groups is 1. The molecule has 156 valence electrons. The molecule has 0 bridgehead atoms. The maximum atomic E-state index is 12.8. The number of likely N-dealkylation sites (N-methyl/N-ethyl adjacent to an activating group) is 1. The van der Waals surface area contributed by atoms with Gasteiger partial charge in [0.05, 0.1) is 27.2 Å². The first-order valence-corrected chi connectivity index (χ1v) is 10.7. The number of phenolic OH excluding ortho intramolecular Hbond substituents is 1. The van der Waals surface area contributed by atoms with Gasteiger partial charge in [0.25, 0.3) is 5.91 Å². The van der Waals surface area contributed by atoms with Crippen molar-refractivity contribution in [3.05, 3.63) is 56.9 Å². The molecule has 0 unspecified atom stereocenters. The predicted molar refractivity (Wildman–Crippen MR) is 120 cm³/mol. The number of amides is 1. The second-order valence-corrected chi connectivity index (χ2v) is 8.06. The number of rotatable bonds is 6. The summed E-state index contributed by atoms with van der Waals surface area (Å²) in [4.78, 5) is 30.5. The number of carbonyl (C=O) groups excluding carboxylic acids is 1. The molecule has 1 aliphatic rings. The van der Waals surface area contributed by atoms with E-state index in [4.69, 9.17) is 9.84 Å². The fourth-order valence-corrected chi connectivity index (χ4v) is 4.31. The van der Waals surface area contributed by atoms with Gasteiger partial charge in [-0.3, -0.25) is 9.69 Å². The van der Waals surface area contributed by atoms with Crippen LogP contribution in [0.3, 0.4) is 0 Å². The number of carboxylic acids is 1. The molecule has 1 amide bonds. The summed E-state index contributed by atoms with van der Waals surface area (Å²) in [5, 5.41) is 19.7. The Morgan fingerprint density at radius 1 is 1.30 bits per heavy atom. The molecule has 2 aromatic rings. The molecular weight excluding hydrogens is 472 g/mol. The predicted octanol–water partition coefficient (Wildman–Crippen LogP) is 4.88. The molecule has 7 nitrogen and oxygen atoms in total. The Kier molecular flexibility index (Phi) is 6.84. The van der Waals surface area contributed by atoms with E-state index in [1.165, 1.54) is 28.8 Å². The van der Waals surface area contributed by atoms with Gasteiger partial charge in [0.15, 0.2) is 16.7 Å². The number of halogens is 1. The van der Waals surface area contributed by atoms with Crippen molar-refractivity contribution >= 4 is 56.5 Å². The Morgan fingerprint density at radius 2 is 2.07 bits per heavy atom. The lowest BCUT2D eigenvalue weighted by molar-refractivity contribution is -0.122. The lowest BCUT2D eigenvalue weighted by atomic mass is 10.2. The van der Waals surface area contributed by atoms with Crippen molar-refractivity contribution in [2.45, 2.75) is 13.8 Å². The maximum Gasteiger partial charge on any atom is 0.335 e. The number of carboxylic acid groups (broad SMARTS) is 1. The zero-order chi connectivity index (χ0) is 21.8. The number of thioether (sulfide) groups is 1. The van der Waals surface area contributed by atoms with Gasteiger partial charge in [-0.15, -0.1) is 0 Å². The fraction of sp³-hybridized carbons (Fsp3) is 0.190. The number of phenols is 1. The minimum atomic E-state index is -1.04. The quantitative estimate of drug-likeness (QED) is 0.560. The van der Waals surface area contributed by atoms with Gasteiger partial charge in [-0.05, 0) is 83.5 Å². The van der Waals surface area contributed by atoms with Gasteiger partial charge in [0.2, 0.25) is 0 Å². The van der Waals surface area contributed by atoms with Crippen molar-refractivity contribution in [3.8, 4) is 11.5 Å². The van der Waals surface area contributed by atoms with Crippen molar-refractivity contribution in [2.24, 2.45) is 4.99 Å². The Hall–Kier alpha value is -2.78. The number of hydrogen-bond donors (Lipinski definition) is 2. The summed E-state index contributed by atoms with van der Waals surface area (Å²) in [5.74, 6) is -0.915. The molecule has 3 rings (SSSR count). The van der Waals surface area contributed by atoms with Gasteiger partial charge < -0.3 is 14.9 Å². The molecule has 1 saturated heterocycles. The minimum Gasteiger partial charge on any atom is -0.503 e. The van der Waals surface area contributed by atoms with Gasteiger partial charge in [-0.1, -0.05) is 6.07 Å². The summed E-state index contributed by atoms with van der Waals surface area (Å²) in [5.41, 5.74) is 1.27. The van der Waals surface area contributed by atoms with Crippen LogP contribution in [0.25, 0.3) is 6.08 Å². The van der Waals surface area contributed by atoms with Crippen LogP contribution < -0.4 is 4.74 Å². The first kappa shape index (κ1) is 21.9. The van der Waals surface area contributed by atoms with Gasteiger partial charge in [-0.2, -0.15) is 0 Å². The summed E-state index contributed by atoms with van der Waals surface area (Å²) < 4.78 is 5.90. The third kappa shape index (κ3) is 4.68. The average Bonchev–Trinajstić information content (AvgIpc) is 3.00. The van der Waals surface area contributed by atoms with E-state index < -0.39 is 5.97 Å². The van der Waals surface area contributed by atoms with Crippen LogP contribution in [0.5, 0.6) is 11.5 Å². The lowest BCUT2D eigenvalue weighted by Gasteiger charge is -2.12. The van der Waals surface area contributed by atoms with Crippen molar-refractivity contribution in [2.75, 3.05) is 13.2 Å². The van der Waals surface area contributed by atoms with E-state index in [2.05, 4.69) is 20.9 Å². The zero-order valence-corrected chi connectivity index (χ0v) is 18.7. The van der Waals surface area contributed by atoms with Gasteiger partial charge in [-0.25, -0.2) is 9.79 Å². The summed E-state index contributed by atoms with van der Waals surface area (Å²) in [6.45, 7) is 4.47. The van der Waals surface area contributed by atoms with E-state index in [1.807, 2.05) is 13.8 Å². The van der Waals surface area contributed by atoms with Crippen LogP contribution in [0.15, 0.2) is 50.8 Å². The number of amidine groups is 1. The number of benzene rings is 2. The number of carbonyl (C=O) groups is 2. The van der Waals surface area contributed by atoms with E-state index in [0.29, 0.717) is 44.7 Å². The third-order valence-electron chi connectivity index (χ3n) is 4.17. The van der Waals surface area contributed by atoms with Crippen molar-refractivity contribution < 1.29 is 24.5 Å². The SMILES string of the molecule is CCOc1cc(/C=C2/SC(=Nc3cccc(C(=O)O)c3)N(CC)C2=O)cc(Br)c1O. The minimum absolute atomic E-state index is 0.000139. The molecule has 0 aliphatic carbocycles. The highest BCUT2D eigenvalue weighted by molar-refractivity contribution is 9.10. The molecule has 2 N–H and O–H groups in total. The van der Waals surface area contributed by atoms with Crippen LogP contribution in [0, 0.1) is 0 Å². The standard InChI is InChI=1S/C21H19BrN2O5S/c1-3-24-19(26)17(10-12-8-15(22)18(25)16(9-12)29-4-2)30-21(24)23-14-7-5-6-13(11-14)20(27)28/h5-11,25H,3-4H2,1-2H3,(H,27,28)/b17-10+,23-21?. The molecule has 0 spiro atoms. The van der Waals surface area contributed by atoms with Crippen molar-refractivity contribution in [3.63, 3.8) is 0 Å². The average molecular weight is 491 g/mol. The number of hydrogen-bond acceptors (Lipinski definition) is 6. The lowest BCUT2D eigenvalue weighted by Crippen LogP contribution is -2.28. The first-order valence-electron chi connectivity index (χ1n) is 9.12. The van der Waals surface area contributed by atoms with E-state index in [0.717, 1.165) is 0 Å². The van der Waals surface area contributed by atoms with Crippen molar-refractivity contribution in [1.82, 2.24) is 4.90 Å². The summed E-state index contributed by atoms with van der Waals surface area (Å²) in [6.07, 6.45) is 1.71. The highest BCUT2D eigenvalue weighted by Gasteiger charge is 2.32. The smallest absolute Gasteiger partial charge is 0.335 e. The van der Waals surface area contributed by atoms with Crippen molar-refractivity contribution in [1.29, 1.82) is 0 Å². The molecule has 2 aromatic carbocycles. The molecule has 0 atom stereocenters. The van der Waals surface area contributed by atoms with E-state index in [-0.39, 0.29) is 17.2 Å². The van der Waals surface area contributed by atoms with E-state index in [1.54, 1.807) is 30.3 Å². The molecule has 1 fully saturated rings. The highest BCUT2D eigenvalue weighted by Crippen LogP contribution is 2.38. The van der Waals surface area contributed by atoms with Crippen LogP contribution >= 0.6 is 27.7 Å². The Morgan fingerprint density at radius 3 is 2.73 bits per heavy atom. The van der Waals surface area contributed by atoms with Crippen LogP contribution in [0.2, 0.25) is 0 Å². The molecule has 9 heteroatoms. The number of nitrogens with zero attached hydrogens (tertiary/aromatic N) is 2. The van der Waals surface area contributed by atoms with Crippen LogP contribution in [0.1, 0.15) is 29.8 Å². The Balaban J connectivity index is 1.96. The third-order valence-corrected chi connectivity index (χ3v) is 5.78. The zero-order valence-electron chi connectivity index (χ0n) is 16.3. The second-order valence-electron chi connectivity index (χ2n) is 6.19. The summed E-state index contributed by atoms with van der Waals surface area (Å²) >= 11 is 4.50. The molecule has 1 aliphatic heterocycles. The largest absolute Gasteiger partial charge is 0.503 e. The topological polar surface area (TPSA) is 99.4 Å². The van der Waals surface area contributed by atoms with Crippen LogP contribution in [-0.2, 0) is 4.79 Å². The normalized spacial score (nSPS) is 16.5. The fourth-order valence-electron chi connectivity index (χ4n) is 2.78.